The fourth-order valence-electron chi connectivity index (χ4n) is 2.30. The number of nitrogens with zero attached hydrogens (tertiary/aromatic N) is 1. The summed E-state index contributed by atoms with van der Waals surface area (Å²) in [6, 6.07) is 7.50. The Bertz CT molecular complexity index is 419. The van der Waals surface area contributed by atoms with Gasteiger partial charge in [0, 0.05) is 24.8 Å². The van der Waals surface area contributed by atoms with E-state index in [0.717, 1.165) is 31.9 Å². The van der Waals surface area contributed by atoms with E-state index in [9.17, 15) is 4.79 Å². The summed E-state index contributed by atoms with van der Waals surface area (Å²) in [4.78, 5) is 13.2. The maximum absolute atomic E-state index is 10.8. The zero-order valence-electron chi connectivity index (χ0n) is 13.4. The summed E-state index contributed by atoms with van der Waals surface area (Å²) in [5, 5.41) is 6.09. The number of carbonyl (C=O) groups excluding carboxylic acids is 1. The van der Waals surface area contributed by atoms with Crippen LogP contribution >= 0.6 is 0 Å². The van der Waals surface area contributed by atoms with Crippen molar-refractivity contribution in [2.24, 2.45) is 5.73 Å². The fraction of sp³-hybridized carbons (Fsp3) is 0.562. The van der Waals surface area contributed by atoms with Crippen LogP contribution in [0.25, 0.3) is 0 Å². The summed E-state index contributed by atoms with van der Waals surface area (Å²) < 4.78 is 0. The number of amides is 2. The first-order valence-corrected chi connectivity index (χ1v) is 7.69. The van der Waals surface area contributed by atoms with Gasteiger partial charge >= 0.3 is 6.03 Å². The first-order valence-electron chi connectivity index (χ1n) is 7.69. The Morgan fingerprint density at radius 1 is 1.24 bits per heavy atom. The Labute approximate surface area is 127 Å². The number of primary amides is 1. The third-order valence-corrected chi connectivity index (χ3v) is 3.54. The molecule has 0 radical (unpaired) electrons. The van der Waals surface area contributed by atoms with Gasteiger partial charge in [-0.3, -0.25) is 0 Å². The average molecular weight is 292 g/mol. The Hall–Kier alpha value is -1.59. The molecule has 1 aromatic rings. The SMILES string of the molecule is CCCN(CC)CCNC(C)c1ccc(NC(N)=O)cc1. The molecule has 1 unspecified atom stereocenters. The van der Waals surface area contributed by atoms with Crippen molar-refractivity contribution in [2.45, 2.75) is 33.2 Å². The molecule has 21 heavy (non-hydrogen) atoms. The number of hydrogen-bond acceptors (Lipinski definition) is 3. The number of likely N-dealkylation sites (N-methyl/N-ethyl adjacent to an activating group) is 1. The van der Waals surface area contributed by atoms with Crippen LogP contribution in [0.5, 0.6) is 0 Å². The van der Waals surface area contributed by atoms with Gasteiger partial charge < -0.3 is 21.3 Å². The largest absolute Gasteiger partial charge is 0.351 e. The van der Waals surface area contributed by atoms with Crippen molar-refractivity contribution in [3.63, 3.8) is 0 Å². The van der Waals surface area contributed by atoms with Crippen LogP contribution in [0, 0.1) is 0 Å². The topological polar surface area (TPSA) is 70.4 Å². The third-order valence-electron chi connectivity index (χ3n) is 3.54. The second-order valence-electron chi connectivity index (χ2n) is 5.22. The third kappa shape index (κ3) is 6.60. The summed E-state index contributed by atoms with van der Waals surface area (Å²) in [5.41, 5.74) is 7.01. The van der Waals surface area contributed by atoms with E-state index in [0.29, 0.717) is 0 Å². The van der Waals surface area contributed by atoms with Crippen molar-refractivity contribution < 1.29 is 4.79 Å². The van der Waals surface area contributed by atoms with Crippen molar-refractivity contribution >= 4 is 11.7 Å². The number of carbonyl (C=O) groups is 1. The smallest absolute Gasteiger partial charge is 0.316 e. The maximum Gasteiger partial charge on any atom is 0.316 e. The molecule has 5 heteroatoms. The lowest BCUT2D eigenvalue weighted by molar-refractivity contribution is 0.259. The van der Waals surface area contributed by atoms with Crippen LogP contribution in [-0.2, 0) is 0 Å². The molecule has 0 bridgehead atoms. The molecule has 5 nitrogen and oxygen atoms in total. The highest BCUT2D eigenvalue weighted by Crippen LogP contribution is 2.15. The van der Waals surface area contributed by atoms with E-state index >= 15 is 0 Å². The van der Waals surface area contributed by atoms with Crippen molar-refractivity contribution in [3.8, 4) is 0 Å². The maximum atomic E-state index is 10.8. The minimum Gasteiger partial charge on any atom is -0.351 e. The Balaban J connectivity index is 2.41. The van der Waals surface area contributed by atoms with Gasteiger partial charge in [0.1, 0.15) is 0 Å². The highest BCUT2D eigenvalue weighted by Gasteiger charge is 2.06. The Morgan fingerprint density at radius 3 is 2.43 bits per heavy atom. The second kappa shape index (κ2) is 9.37. The van der Waals surface area contributed by atoms with E-state index in [-0.39, 0.29) is 6.04 Å². The molecule has 0 aliphatic rings. The monoisotopic (exact) mass is 292 g/mol. The molecule has 1 rings (SSSR count). The summed E-state index contributed by atoms with van der Waals surface area (Å²) in [6.07, 6.45) is 1.19. The molecule has 1 atom stereocenters. The molecule has 0 aromatic heterocycles. The van der Waals surface area contributed by atoms with Gasteiger partial charge in [-0.1, -0.05) is 26.0 Å². The lowest BCUT2D eigenvalue weighted by Crippen LogP contribution is -2.33. The minimum atomic E-state index is -0.537. The lowest BCUT2D eigenvalue weighted by Gasteiger charge is -2.21. The molecule has 4 N–H and O–H groups in total. The van der Waals surface area contributed by atoms with E-state index in [4.69, 9.17) is 5.73 Å². The van der Waals surface area contributed by atoms with Gasteiger partial charge in [0.2, 0.25) is 0 Å². The standard InChI is InChI=1S/C16H28N4O/c1-4-11-20(5-2)12-10-18-13(3)14-6-8-15(9-7-14)19-16(17)21/h6-9,13,18H,4-5,10-12H2,1-3H3,(H3,17,19,21). The molecule has 1 aromatic carbocycles. The van der Waals surface area contributed by atoms with Crippen molar-refractivity contribution in [1.82, 2.24) is 10.2 Å². The summed E-state index contributed by atoms with van der Waals surface area (Å²) >= 11 is 0. The number of nitrogens with two attached hydrogens (primary N) is 1. The number of nitrogens with one attached hydrogen (secondary N) is 2. The van der Waals surface area contributed by atoms with Crippen LogP contribution in [0.15, 0.2) is 24.3 Å². The molecule has 0 saturated carbocycles. The van der Waals surface area contributed by atoms with Crippen molar-refractivity contribution in [2.75, 3.05) is 31.5 Å². The molecule has 118 valence electrons. The average Bonchev–Trinajstić information content (AvgIpc) is 2.46. The van der Waals surface area contributed by atoms with Crippen molar-refractivity contribution in [3.05, 3.63) is 29.8 Å². The zero-order valence-corrected chi connectivity index (χ0v) is 13.4. The van der Waals surface area contributed by atoms with Gasteiger partial charge in [0.15, 0.2) is 0 Å². The molecule has 0 fully saturated rings. The van der Waals surface area contributed by atoms with Crippen LogP contribution < -0.4 is 16.4 Å². The predicted molar refractivity (Wildman–Crippen MR) is 88.5 cm³/mol. The van der Waals surface area contributed by atoms with Gasteiger partial charge in [0.25, 0.3) is 0 Å². The van der Waals surface area contributed by atoms with Gasteiger partial charge in [-0.15, -0.1) is 0 Å². The van der Waals surface area contributed by atoms with Crippen LogP contribution in [0.1, 0.15) is 38.8 Å². The number of urea groups is 1. The first-order chi connectivity index (χ1) is 10.1. The molecule has 2 amide bonds. The van der Waals surface area contributed by atoms with Crippen LogP contribution in [-0.4, -0.2) is 37.1 Å². The van der Waals surface area contributed by atoms with Crippen LogP contribution in [0.2, 0.25) is 0 Å². The van der Waals surface area contributed by atoms with E-state index in [2.05, 4.69) is 36.3 Å². The van der Waals surface area contributed by atoms with Gasteiger partial charge in [-0.2, -0.15) is 0 Å². The molecule has 0 saturated heterocycles. The summed E-state index contributed by atoms with van der Waals surface area (Å²) in [5.74, 6) is 0. The number of anilines is 1. The molecule has 0 heterocycles. The predicted octanol–water partition coefficient (Wildman–Crippen LogP) is 2.56. The molecular formula is C16H28N4O. The first kappa shape index (κ1) is 17.5. The van der Waals surface area contributed by atoms with E-state index in [1.54, 1.807) is 0 Å². The second-order valence-corrected chi connectivity index (χ2v) is 5.22. The number of benzene rings is 1. The number of hydrogen-bond donors (Lipinski definition) is 3. The quantitative estimate of drug-likeness (QED) is 0.655. The van der Waals surface area contributed by atoms with Crippen LogP contribution in [0.3, 0.4) is 0 Å². The van der Waals surface area contributed by atoms with Crippen molar-refractivity contribution in [1.29, 1.82) is 0 Å². The van der Waals surface area contributed by atoms with E-state index in [1.807, 2.05) is 24.3 Å². The fourth-order valence-corrected chi connectivity index (χ4v) is 2.30. The van der Waals surface area contributed by atoms with E-state index in [1.165, 1.54) is 12.0 Å². The normalized spacial score (nSPS) is 12.4. The van der Waals surface area contributed by atoms with Gasteiger partial charge in [-0.05, 0) is 44.1 Å². The van der Waals surface area contributed by atoms with Crippen LogP contribution in [0.4, 0.5) is 10.5 Å². The highest BCUT2D eigenvalue weighted by molar-refractivity contribution is 5.87. The minimum absolute atomic E-state index is 0.285. The van der Waals surface area contributed by atoms with Gasteiger partial charge in [0.05, 0.1) is 0 Å². The summed E-state index contributed by atoms with van der Waals surface area (Å²) in [7, 11) is 0. The molecule has 0 aliphatic heterocycles. The molecule has 0 spiro atoms. The Morgan fingerprint density at radius 2 is 1.90 bits per heavy atom. The molecule has 0 aliphatic carbocycles. The zero-order chi connectivity index (χ0) is 15.7. The highest BCUT2D eigenvalue weighted by atomic mass is 16.2. The molecular weight excluding hydrogens is 264 g/mol. The van der Waals surface area contributed by atoms with E-state index < -0.39 is 6.03 Å². The lowest BCUT2D eigenvalue weighted by atomic mass is 10.1. The Kier molecular flexibility index (Phi) is 7.79. The summed E-state index contributed by atoms with van der Waals surface area (Å²) in [6.45, 7) is 10.8. The number of rotatable bonds is 9. The van der Waals surface area contributed by atoms with Gasteiger partial charge in [-0.25, -0.2) is 4.79 Å².